The van der Waals surface area contributed by atoms with Gasteiger partial charge in [-0.1, -0.05) is 24.3 Å². The number of benzene rings is 2. The maximum absolute atomic E-state index is 12.7. The number of nitrogens with zero attached hydrogens (tertiary/aromatic N) is 2. The maximum Gasteiger partial charge on any atom is 0.231 e. The Kier molecular flexibility index (Phi) is 3.15. The molecule has 2 aromatic carbocycles. The molecule has 0 bridgehead atoms. The highest BCUT2D eigenvalue weighted by Gasteiger charge is 2.22. The number of amides is 1. The third kappa shape index (κ3) is 2.26. The molecular weight excluding hydrogens is 276 g/mol. The van der Waals surface area contributed by atoms with E-state index < -0.39 is 0 Å². The first kappa shape index (κ1) is 13.1. The van der Waals surface area contributed by atoms with Crippen molar-refractivity contribution in [1.29, 1.82) is 0 Å². The lowest BCUT2D eigenvalue weighted by Gasteiger charge is -2.29. The minimum absolute atomic E-state index is 0.131. The van der Waals surface area contributed by atoms with E-state index in [1.807, 2.05) is 41.3 Å². The molecule has 4 heteroatoms. The van der Waals surface area contributed by atoms with Crippen molar-refractivity contribution >= 4 is 22.7 Å². The van der Waals surface area contributed by atoms with Gasteiger partial charge in [0.2, 0.25) is 5.91 Å². The molecule has 0 N–H and O–H groups in total. The number of rotatable bonds is 2. The first-order valence-corrected chi connectivity index (χ1v) is 7.52. The van der Waals surface area contributed by atoms with Crippen molar-refractivity contribution in [3.63, 3.8) is 0 Å². The van der Waals surface area contributed by atoms with Gasteiger partial charge < -0.3 is 9.32 Å². The van der Waals surface area contributed by atoms with Gasteiger partial charge in [0, 0.05) is 12.2 Å². The standard InChI is InChI=1S/C18H16N2O2/c21-18(11-13-7-8-15-17(10-13)22-12-19-15)20-9-3-5-14-4-1-2-6-16(14)20/h1-2,4,6-8,10,12H,3,5,9,11H2. The average Bonchev–Trinajstić information content (AvgIpc) is 3.02. The van der Waals surface area contributed by atoms with E-state index in [1.54, 1.807) is 0 Å². The van der Waals surface area contributed by atoms with Crippen LogP contribution in [-0.4, -0.2) is 17.4 Å². The Morgan fingerprint density at radius 3 is 3.09 bits per heavy atom. The molecule has 0 saturated carbocycles. The van der Waals surface area contributed by atoms with Gasteiger partial charge in [0.1, 0.15) is 5.52 Å². The molecular formula is C18H16N2O2. The summed E-state index contributed by atoms with van der Waals surface area (Å²) in [7, 11) is 0. The number of aryl methyl sites for hydroxylation is 1. The minimum atomic E-state index is 0.131. The summed E-state index contributed by atoms with van der Waals surface area (Å²) in [5.74, 6) is 0.131. The Bertz CT molecular complexity index is 838. The molecule has 0 atom stereocenters. The molecule has 2 heterocycles. The highest BCUT2D eigenvalue weighted by Crippen LogP contribution is 2.27. The van der Waals surface area contributed by atoms with Crippen LogP contribution in [0.15, 0.2) is 53.3 Å². The van der Waals surface area contributed by atoms with Crippen LogP contribution in [0.25, 0.3) is 11.1 Å². The number of hydrogen-bond acceptors (Lipinski definition) is 3. The Balaban J connectivity index is 1.60. The first-order valence-electron chi connectivity index (χ1n) is 7.52. The summed E-state index contributed by atoms with van der Waals surface area (Å²) in [4.78, 5) is 18.7. The highest BCUT2D eigenvalue weighted by atomic mass is 16.3. The van der Waals surface area contributed by atoms with Crippen LogP contribution in [0.4, 0.5) is 5.69 Å². The van der Waals surface area contributed by atoms with Crippen LogP contribution in [0, 0.1) is 0 Å². The number of para-hydroxylation sites is 1. The van der Waals surface area contributed by atoms with Gasteiger partial charge in [-0.3, -0.25) is 4.79 Å². The minimum Gasteiger partial charge on any atom is -0.443 e. The number of hydrogen-bond donors (Lipinski definition) is 0. The van der Waals surface area contributed by atoms with E-state index in [9.17, 15) is 4.79 Å². The van der Waals surface area contributed by atoms with E-state index in [2.05, 4.69) is 11.1 Å². The molecule has 1 aliphatic heterocycles. The predicted molar refractivity (Wildman–Crippen MR) is 84.8 cm³/mol. The van der Waals surface area contributed by atoms with Crippen LogP contribution < -0.4 is 4.90 Å². The predicted octanol–water partition coefficient (Wildman–Crippen LogP) is 3.35. The largest absolute Gasteiger partial charge is 0.443 e. The van der Waals surface area contributed by atoms with Crippen LogP contribution >= 0.6 is 0 Å². The smallest absolute Gasteiger partial charge is 0.231 e. The molecule has 0 radical (unpaired) electrons. The molecule has 3 aromatic rings. The summed E-state index contributed by atoms with van der Waals surface area (Å²) in [6, 6.07) is 13.9. The number of anilines is 1. The Morgan fingerprint density at radius 2 is 2.14 bits per heavy atom. The number of carbonyl (C=O) groups excluding carboxylic acids is 1. The summed E-state index contributed by atoms with van der Waals surface area (Å²) in [5.41, 5.74) is 4.81. The molecule has 0 aliphatic carbocycles. The second-order valence-corrected chi connectivity index (χ2v) is 5.61. The van der Waals surface area contributed by atoms with E-state index in [0.717, 1.165) is 41.7 Å². The fraction of sp³-hybridized carbons (Fsp3) is 0.222. The average molecular weight is 292 g/mol. The fourth-order valence-corrected chi connectivity index (χ4v) is 3.07. The molecule has 4 rings (SSSR count). The number of oxazole rings is 1. The Labute approximate surface area is 128 Å². The Hall–Kier alpha value is -2.62. The lowest BCUT2D eigenvalue weighted by molar-refractivity contribution is -0.118. The number of fused-ring (bicyclic) bond motifs is 2. The SMILES string of the molecule is O=C(Cc1ccc2ncoc2c1)N1CCCc2ccccc21. The summed E-state index contributed by atoms with van der Waals surface area (Å²) in [6.45, 7) is 0.792. The summed E-state index contributed by atoms with van der Waals surface area (Å²) in [6.07, 6.45) is 3.87. The second kappa shape index (κ2) is 5.30. The summed E-state index contributed by atoms with van der Waals surface area (Å²) in [5, 5.41) is 0. The molecule has 0 spiro atoms. The molecule has 110 valence electrons. The number of carbonyl (C=O) groups is 1. The van der Waals surface area contributed by atoms with Gasteiger partial charge in [-0.2, -0.15) is 0 Å². The highest BCUT2D eigenvalue weighted by molar-refractivity contribution is 5.96. The molecule has 0 unspecified atom stereocenters. The van der Waals surface area contributed by atoms with Crippen LogP contribution in [0.5, 0.6) is 0 Å². The van der Waals surface area contributed by atoms with Crippen molar-refractivity contribution in [1.82, 2.24) is 4.98 Å². The molecule has 22 heavy (non-hydrogen) atoms. The van der Waals surface area contributed by atoms with Crippen molar-refractivity contribution in [2.24, 2.45) is 0 Å². The molecule has 0 saturated heterocycles. The van der Waals surface area contributed by atoms with Gasteiger partial charge in [0.25, 0.3) is 0 Å². The van der Waals surface area contributed by atoms with Gasteiger partial charge in [0.05, 0.1) is 6.42 Å². The van der Waals surface area contributed by atoms with E-state index in [0.29, 0.717) is 6.42 Å². The van der Waals surface area contributed by atoms with Crippen molar-refractivity contribution in [3.05, 3.63) is 60.0 Å². The molecule has 4 nitrogen and oxygen atoms in total. The van der Waals surface area contributed by atoms with E-state index >= 15 is 0 Å². The second-order valence-electron chi connectivity index (χ2n) is 5.61. The topological polar surface area (TPSA) is 46.3 Å². The fourth-order valence-electron chi connectivity index (χ4n) is 3.07. The lowest BCUT2D eigenvalue weighted by atomic mass is 10.0. The zero-order valence-electron chi connectivity index (χ0n) is 12.2. The quantitative estimate of drug-likeness (QED) is 0.727. The first-order chi connectivity index (χ1) is 10.8. The van der Waals surface area contributed by atoms with Crippen LogP contribution in [0.1, 0.15) is 17.5 Å². The normalized spacial score (nSPS) is 14.1. The zero-order valence-corrected chi connectivity index (χ0v) is 12.2. The summed E-state index contributed by atoms with van der Waals surface area (Å²) < 4.78 is 5.31. The monoisotopic (exact) mass is 292 g/mol. The molecule has 1 aromatic heterocycles. The van der Waals surface area contributed by atoms with Gasteiger partial charge >= 0.3 is 0 Å². The van der Waals surface area contributed by atoms with Gasteiger partial charge in [-0.15, -0.1) is 0 Å². The van der Waals surface area contributed by atoms with Crippen LogP contribution in [-0.2, 0) is 17.6 Å². The third-order valence-electron chi connectivity index (χ3n) is 4.16. The van der Waals surface area contributed by atoms with Crippen molar-refractivity contribution in [3.8, 4) is 0 Å². The van der Waals surface area contributed by atoms with Gasteiger partial charge in [-0.05, 0) is 42.2 Å². The van der Waals surface area contributed by atoms with Crippen LogP contribution in [0.2, 0.25) is 0 Å². The van der Waals surface area contributed by atoms with Crippen molar-refractivity contribution < 1.29 is 9.21 Å². The van der Waals surface area contributed by atoms with Gasteiger partial charge in [-0.25, -0.2) is 4.98 Å². The van der Waals surface area contributed by atoms with Gasteiger partial charge in [0.15, 0.2) is 12.0 Å². The van der Waals surface area contributed by atoms with Crippen molar-refractivity contribution in [2.75, 3.05) is 11.4 Å². The number of aromatic nitrogens is 1. The van der Waals surface area contributed by atoms with Crippen molar-refractivity contribution in [2.45, 2.75) is 19.3 Å². The lowest BCUT2D eigenvalue weighted by Crippen LogP contribution is -2.36. The third-order valence-corrected chi connectivity index (χ3v) is 4.16. The Morgan fingerprint density at radius 1 is 1.23 bits per heavy atom. The van der Waals surface area contributed by atoms with E-state index in [1.165, 1.54) is 12.0 Å². The molecule has 1 amide bonds. The zero-order chi connectivity index (χ0) is 14.9. The molecule has 1 aliphatic rings. The van der Waals surface area contributed by atoms with E-state index in [4.69, 9.17) is 4.42 Å². The maximum atomic E-state index is 12.7. The van der Waals surface area contributed by atoms with E-state index in [-0.39, 0.29) is 5.91 Å². The van der Waals surface area contributed by atoms with Crippen LogP contribution in [0.3, 0.4) is 0 Å². The summed E-state index contributed by atoms with van der Waals surface area (Å²) >= 11 is 0. The molecule has 0 fully saturated rings.